The maximum absolute atomic E-state index is 3.01. The van der Waals surface area contributed by atoms with E-state index in [9.17, 15) is 0 Å². The van der Waals surface area contributed by atoms with Crippen LogP contribution in [0, 0.1) is 6.07 Å². The Labute approximate surface area is 69.7 Å². The molecule has 0 saturated carbocycles. The minimum Gasteiger partial charge on any atom is -0.409 e. The van der Waals surface area contributed by atoms with Gasteiger partial charge in [0.15, 0.2) is 0 Å². The van der Waals surface area contributed by atoms with Gasteiger partial charge in [-0.1, -0.05) is 5.69 Å². The van der Waals surface area contributed by atoms with Gasteiger partial charge < -0.3 is 5.32 Å². The molecule has 0 amide bonds. The minimum absolute atomic E-state index is 0. The number of anilines is 1. The topological polar surface area (TPSA) is 12.0 Å². The second-order valence-corrected chi connectivity index (χ2v) is 1.54. The first kappa shape index (κ1) is 8.71. The van der Waals surface area contributed by atoms with Gasteiger partial charge in [-0.05, 0) is 0 Å². The maximum atomic E-state index is 3.01. The van der Waals surface area contributed by atoms with Crippen molar-refractivity contribution in [3.8, 4) is 0 Å². The molecule has 1 aromatic carbocycles. The molecule has 48 valence electrons. The van der Waals surface area contributed by atoms with Crippen LogP contribution in [0.4, 0.5) is 5.69 Å². The first-order chi connectivity index (χ1) is 3.93. The van der Waals surface area contributed by atoms with E-state index in [0.29, 0.717) is 0 Å². The van der Waals surface area contributed by atoms with Gasteiger partial charge in [0.05, 0.1) is 0 Å². The van der Waals surface area contributed by atoms with E-state index in [2.05, 4.69) is 11.4 Å². The molecule has 0 unspecified atom stereocenters. The summed E-state index contributed by atoms with van der Waals surface area (Å²) in [4.78, 5) is 0. The monoisotopic (exact) mass is 290 g/mol. The largest absolute Gasteiger partial charge is 0.409 e. The van der Waals surface area contributed by atoms with Crippen molar-refractivity contribution >= 4 is 5.69 Å². The number of rotatable bonds is 1. The number of benzene rings is 1. The van der Waals surface area contributed by atoms with Crippen LogP contribution in [0.15, 0.2) is 24.3 Å². The summed E-state index contributed by atoms with van der Waals surface area (Å²) < 4.78 is 0. The average Bonchev–Trinajstić information content (AvgIpc) is 1.90. The molecule has 1 N–H and O–H groups in total. The molecule has 0 saturated heterocycles. The molecule has 1 nitrogen and oxygen atoms in total. The van der Waals surface area contributed by atoms with E-state index in [4.69, 9.17) is 0 Å². The molecule has 0 atom stereocenters. The zero-order valence-corrected chi connectivity index (χ0v) is 8.15. The molecule has 0 heterocycles. The van der Waals surface area contributed by atoms with Gasteiger partial charge in [-0.3, -0.25) is 0 Å². The van der Waals surface area contributed by atoms with Crippen LogP contribution in [0.3, 0.4) is 0 Å². The predicted octanol–water partition coefficient (Wildman–Crippen LogP) is 1.53. The van der Waals surface area contributed by atoms with Gasteiger partial charge in [-0.25, -0.2) is 0 Å². The number of nitrogens with one attached hydrogen (secondary N) is 1. The van der Waals surface area contributed by atoms with Gasteiger partial charge in [-0.2, -0.15) is 18.2 Å². The Hall–Kier alpha value is -0.292. The van der Waals surface area contributed by atoms with E-state index < -0.39 is 0 Å². The Balaban J connectivity index is 0.000000640. The van der Waals surface area contributed by atoms with Gasteiger partial charge in [0.25, 0.3) is 0 Å². The van der Waals surface area contributed by atoms with E-state index in [1.807, 2.05) is 31.3 Å². The summed E-state index contributed by atoms with van der Waals surface area (Å²) in [7, 11) is 1.90. The average molecular weight is 290 g/mol. The summed E-state index contributed by atoms with van der Waals surface area (Å²) in [5, 5.41) is 3.01. The van der Waals surface area contributed by atoms with Crippen molar-refractivity contribution in [1.82, 2.24) is 0 Å². The number of hydrogen-bond donors (Lipinski definition) is 1. The summed E-state index contributed by atoms with van der Waals surface area (Å²) in [6, 6.07) is 10.6. The molecule has 0 aliphatic rings. The van der Waals surface area contributed by atoms with E-state index >= 15 is 0 Å². The smallest absolute Gasteiger partial charge is 0.00123 e. The molecule has 0 aliphatic heterocycles. The first-order valence-electron chi connectivity index (χ1n) is 2.57. The van der Waals surface area contributed by atoms with Crippen molar-refractivity contribution in [3.05, 3.63) is 30.3 Å². The molecule has 0 spiro atoms. The van der Waals surface area contributed by atoms with Crippen molar-refractivity contribution in [2.75, 3.05) is 12.4 Å². The molecule has 0 bridgehead atoms. The number of hydrogen-bond acceptors (Lipinski definition) is 1. The SMILES string of the molecule is CNc1cc[c-]cc1.[W]. The minimum atomic E-state index is 0. The normalized spacial score (nSPS) is 7.67. The fraction of sp³-hybridized carbons (Fsp3) is 0.143. The molecule has 0 aliphatic carbocycles. The standard InChI is InChI=1S/C7H8N.W/c1-8-7-5-3-2-4-6-7;/h3-6,8H,1H3;/q-1;. The Kier molecular flexibility index (Phi) is 4.43. The summed E-state index contributed by atoms with van der Waals surface area (Å²) in [5.41, 5.74) is 1.13. The van der Waals surface area contributed by atoms with E-state index in [0.717, 1.165) is 5.69 Å². The van der Waals surface area contributed by atoms with E-state index in [1.54, 1.807) is 0 Å². The third-order valence-electron chi connectivity index (χ3n) is 1.01. The molecule has 1 aromatic rings. The quantitative estimate of drug-likeness (QED) is 0.773. The van der Waals surface area contributed by atoms with Crippen molar-refractivity contribution in [2.24, 2.45) is 0 Å². The zero-order valence-electron chi connectivity index (χ0n) is 5.22. The second kappa shape index (κ2) is 4.57. The molecule has 2 heteroatoms. The van der Waals surface area contributed by atoms with Crippen LogP contribution in [-0.2, 0) is 21.1 Å². The Morgan fingerprint density at radius 1 is 1.33 bits per heavy atom. The van der Waals surface area contributed by atoms with Gasteiger partial charge in [-0.15, -0.1) is 12.1 Å². The zero-order chi connectivity index (χ0) is 5.82. The van der Waals surface area contributed by atoms with Crippen LogP contribution in [-0.4, -0.2) is 7.05 Å². The summed E-state index contributed by atoms with van der Waals surface area (Å²) in [5.74, 6) is 0. The van der Waals surface area contributed by atoms with Gasteiger partial charge in [0.2, 0.25) is 0 Å². The molecule has 9 heavy (non-hydrogen) atoms. The third-order valence-corrected chi connectivity index (χ3v) is 1.01. The van der Waals surface area contributed by atoms with E-state index in [1.165, 1.54) is 0 Å². The molecule has 0 radical (unpaired) electrons. The predicted molar refractivity (Wildman–Crippen MR) is 34.8 cm³/mol. The first-order valence-corrected chi connectivity index (χ1v) is 2.57. The Morgan fingerprint density at radius 3 is 2.22 bits per heavy atom. The van der Waals surface area contributed by atoms with Crippen molar-refractivity contribution in [1.29, 1.82) is 0 Å². The summed E-state index contributed by atoms with van der Waals surface area (Å²) >= 11 is 0. The van der Waals surface area contributed by atoms with Crippen molar-refractivity contribution in [3.63, 3.8) is 0 Å². The molecular weight excluding hydrogens is 282 g/mol. The fourth-order valence-electron chi connectivity index (χ4n) is 0.554. The van der Waals surface area contributed by atoms with Gasteiger partial charge in [0.1, 0.15) is 0 Å². The molecular formula is C7H8NW-. The van der Waals surface area contributed by atoms with Gasteiger partial charge >= 0.3 is 0 Å². The van der Waals surface area contributed by atoms with Crippen LogP contribution in [0.1, 0.15) is 0 Å². The van der Waals surface area contributed by atoms with Crippen molar-refractivity contribution < 1.29 is 21.1 Å². The third kappa shape index (κ3) is 2.66. The molecule has 0 aromatic heterocycles. The fourth-order valence-corrected chi connectivity index (χ4v) is 0.554. The van der Waals surface area contributed by atoms with Crippen LogP contribution < -0.4 is 5.32 Å². The maximum Gasteiger partial charge on any atom is 0.00123 e. The molecule has 1 rings (SSSR count). The van der Waals surface area contributed by atoms with Crippen LogP contribution in [0.25, 0.3) is 0 Å². The van der Waals surface area contributed by atoms with Crippen LogP contribution >= 0.6 is 0 Å². The van der Waals surface area contributed by atoms with E-state index in [-0.39, 0.29) is 21.1 Å². The Morgan fingerprint density at radius 2 is 1.89 bits per heavy atom. The van der Waals surface area contributed by atoms with Crippen LogP contribution in [0.2, 0.25) is 0 Å². The van der Waals surface area contributed by atoms with Crippen molar-refractivity contribution in [2.45, 2.75) is 0 Å². The van der Waals surface area contributed by atoms with Crippen LogP contribution in [0.5, 0.6) is 0 Å². The summed E-state index contributed by atoms with van der Waals surface area (Å²) in [6.07, 6.45) is 0. The Bertz CT molecular complexity index is 150. The van der Waals surface area contributed by atoms with Gasteiger partial charge in [0, 0.05) is 28.1 Å². The molecule has 0 fully saturated rings. The second-order valence-electron chi connectivity index (χ2n) is 1.54. The summed E-state index contributed by atoms with van der Waals surface area (Å²) in [6.45, 7) is 0.